The number of carbonyl (C=O) groups excluding carboxylic acids is 1. The molecule has 4 nitrogen and oxygen atoms in total. The summed E-state index contributed by atoms with van der Waals surface area (Å²) >= 11 is 6.87. The summed E-state index contributed by atoms with van der Waals surface area (Å²) in [6.45, 7) is 3.83. The van der Waals surface area contributed by atoms with Crippen molar-refractivity contribution in [1.82, 2.24) is 14.9 Å². The van der Waals surface area contributed by atoms with Crippen molar-refractivity contribution in [3.8, 4) is 0 Å². The molecule has 1 amide bonds. The summed E-state index contributed by atoms with van der Waals surface area (Å²) in [4.78, 5) is 19.7. The van der Waals surface area contributed by atoms with Gasteiger partial charge in [0.15, 0.2) is 4.77 Å². The Balaban J connectivity index is 2.07. The number of hydrogen-bond donors (Lipinski definition) is 2. The largest absolute Gasteiger partial charge is 0.337 e. The van der Waals surface area contributed by atoms with Gasteiger partial charge in [0.1, 0.15) is 5.69 Å². The summed E-state index contributed by atoms with van der Waals surface area (Å²) in [5, 5.41) is 0.569. The molecular formula is C10H15N3OS2. The van der Waals surface area contributed by atoms with Gasteiger partial charge in [-0.1, -0.05) is 6.92 Å². The monoisotopic (exact) mass is 257 g/mol. The van der Waals surface area contributed by atoms with E-state index in [0.29, 0.717) is 15.7 Å². The van der Waals surface area contributed by atoms with E-state index in [1.165, 1.54) is 0 Å². The first-order valence-electron chi connectivity index (χ1n) is 5.39. The Morgan fingerprint density at radius 2 is 2.56 bits per heavy atom. The Hall–Kier alpha value is -0.750. The smallest absolute Gasteiger partial charge is 0.271 e. The standard InChI is InChI=1S/C10H15N3OS2/c1-2-7-6-13(3-4-16-7)9(14)8-5-11-10(15)12-8/h5,7H,2-4,6H2,1H3,(H2,11,12,15)/t7-/m0/s1. The molecule has 0 spiro atoms. The predicted molar refractivity (Wildman–Crippen MR) is 68.4 cm³/mol. The van der Waals surface area contributed by atoms with Crippen LogP contribution in [0.15, 0.2) is 6.20 Å². The highest BCUT2D eigenvalue weighted by Gasteiger charge is 2.24. The van der Waals surface area contributed by atoms with Gasteiger partial charge in [0, 0.05) is 30.3 Å². The highest BCUT2D eigenvalue weighted by Crippen LogP contribution is 2.21. The van der Waals surface area contributed by atoms with Gasteiger partial charge in [-0.15, -0.1) is 0 Å². The number of imidazole rings is 1. The Bertz CT molecular complexity index is 426. The number of nitrogens with one attached hydrogen (secondary N) is 2. The molecule has 88 valence electrons. The van der Waals surface area contributed by atoms with E-state index < -0.39 is 0 Å². The Morgan fingerprint density at radius 1 is 1.75 bits per heavy atom. The van der Waals surface area contributed by atoms with Crippen LogP contribution in [-0.4, -0.2) is 44.9 Å². The maximum Gasteiger partial charge on any atom is 0.271 e. The van der Waals surface area contributed by atoms with Crippen LogP contribution in [-0.2, 0) is 0 Å². The van der Waals surface area contributed by atoms with E-state index in [4.69, 9.17) is 12.2 Å². The van der Waals surface area contributed by atoms with Gasteiger partial charge in [-0.3, -0.25) is 4.79 Å². The van der Waals surface area contributed by atoms with Gasteiger partial charge in [-0.2, -0.15) is 11.8 Å². The molecule has 1 fully saturated rings. The molecule has 0 radical (unpaired) electrons. The van der Waals surface area contributed by atoms with Crippen molar-refractivity contribution in [1.29, 1.82) is 0 Å². The van der Waals surface area contributed by atoms with Crippen LogP contribution in [0.3, 0.4) is 0 Å². The number of H-pyrrole nitrogens is 2. The van der Waals surface area contributed by atoms with E-state index in [1.54, 1.807) is 6.20 Å². The average Bonchev–Trinajstić information content (AvgIpc) is 2.75. The van der Waals surface area contributed by atoms with Crippen LogP contribution in [0.2, 0.25) is 0 Å². The van der Waals surface area contributed by atoms with E-state index in [0.717, 1.165) is 25.3 Å². The van der Waals surface area contributed by atoms with E-state index in [1.807, 2.05) is 16.7 Å². The highest BCUT2D eigenvalue weighted by atomic mass is 32.2. The number of amides is 1. The number of thioether (sulfide) groups is 1. The van der Waals surface area contributed by atoms with E-state index in [9.17, 15) is 4.79 Å². The molecule has 0 bridgehead atoms. The number of aromatic amines is 2. The fourth-order valence-corrected chi connectivity index (χ4v) is 3.12. The van der Waals surface area contributed by atoms with Gasteiger partial charge < -0.3 is 14.9 Å². The normalized spacial score (nSPS) is 21.1. The van der Waals surface area contributed by atoms with Gasteiger partial charge >= 0.3 is 0 Å². The topological polar surface area (TPSA) is 51.9 Å². The molecule has 1 saturated heterocycles. The first kappa shape index (κ1) is 11.7. The van der Waals surface area contributed by atoms with Gasteiger partial charge in [0.25, 0.3) is 5.91 Å². The van der Waals surface area contributed by atoms with Gasteiger partial charge in [-0.25, -0.2) is 0 Å². The third kappa shape index (κ3) is 2.49. The third-order valence-electron chi connectivity index (χ3n) is 2.71. The predicted octanol–water partition coefficient (Wildman–Crippen LogP) is 2.04. The molecule has 2 N–H and O–H groups in total. The number of carbonyl (C=O) groups is 1. The molecule has 6 heteroatoms. The number of rotatable bonds is 2. The molecule has 1 atom stereocenters. The Morgan fingerprint density at radius 3 is 3.19 bits per heavy atom. The van der Waals surface area contributed by atoms with Crippen molar-refractivity contribution < 1.29 is 4.79 Å². The zero-order chi connectivity index (χ0) is 11.5. The molecule has 1 aliphatic rings. The minimum absolute atomic E-state index is 0.0473. The molecule has 1 aromatic rings. The van der Waals surface area contributed by atoms with E-state index >= 15 is 0 Å². The lowest BCUT2D eigenvalue weighted by Gasteiger charge is -2.31. The van der Waals surface area contributed by atoms with Gasteiger partial charge in [0.2, 0.25) is 0 Å². The maximum absolute atomic E-state index is 12.1. The molecule has 16 heavy (non-hydrogen) atoms. The minimum Gasteiger partial charge on any atom is -0.337 e. The fourth-order valence-electron chi connectivity index (χ4n) is 1.77. The number of nitrogens with zero attached hydrogens (tertiary/aromatic N) is 1. The van der Waals surface area contributed by atoms with Gasteiger partial charge in [-0.05, 0) is 18.6 Å². The number of aromatic nitrogens is 2. The summed E-state index contributed by atoms with van der Waals surface area (Å²) < 4.78 is 0.502. The van der Waals surface area contributed by atoms with Crippen LogP contribution in [0.25, 0.3) is 0 Å². The quantitative estimate of drug-likeness (QED) is 0.797. The molecule has 1 aliphatic heterocycles. The highest BCUT2D eigenvalue weighted by molar-refractivity contribution is 8.00. The first-order valence-corrected chi connectivity index (χ1v) is 6.85. The maximum atomic E-state index is 12.1. The van der Waals surface area contributed by atoms with Crippen molar-refractivity contribution >= 4 is 29.9 Å². The lowest BCUT2D eigenvalue weighted by Crippen LogP contribution is -2.41. The van der Waals surface area contributed by atoms with Crippen molar-refractivity contribution in [3.63, 3.8) is 0 Å². The molecule has 0 unspecified atom stereocenters. The minimum atomic E-state index is 0.0473. The molecule has 2 heterocycles. The van der Waals surface area contributed by atoms with Crippen molar-refractivity contribution in [3.05, 3.63) is 16.7 Å². The summed E-state index contributed by atoms with van der Waals surface area (Å²) in [6.07, 6.45) is 2.75. The van der Waals surface area contributed by atoms with Crippen LogP contribution in [0.1, 0.15) is 23.8 Å². The van der Waals surface area contributed by atoms with Crippen molar-refractivity contribution in [2.75, 3.05) is 18.8 Å². The first-order chi connectivity index (χ1) is 7.70. The SMILES string of the molecule is CC[C@H]1CN(C(=O)c2c[nH]c(=S)[nH]2)CCS1. The lowest BCUT2D eigenvalue weighted by molar-refractivity contribution is 0.0755. The van der Waals surface area contributed by atoms with Crippen LogP contribution >= 0.6 is 24.0 Å². The fraction of sp³-hybridized carbons (Fsp3) is 0.600. The lowest BCUT2D eigenvalue weighted by atomic mass is 10.2. The zero-order valence-corrected chi connectivity index (χ0v) is 10.8. The van der Waals surface area contributed by atoms with Crippen molar-refractivity contribution in [2.45, 2.75) is 18.6 Å². The molecule has 2 rings (SSSR count). The van der Waals surface area contributed by atoms with Gasteiger partial charge in [0.05, 0.1) is 0 Å². The van der Waals surface area contributed by atoms with Crippen LogP contribution in [0, 0.1) is 4.77 Å². The molecule has 1 aromatic heterocycles. The van der Waals surface area contributed by atoms with Crippen molar-refractivity contribution in [2.24, 2.45) is 0 Å². The summed E-state index contributed by atoms with van der Waals surface area (Å²) in [5.41, 5.74) is 0.562. The average molecular weight is 257 g/mol. The second-order valence-electron chi connectivity index (χ2n) is 3.81. The number of hydrogen-bond acceptors (Lipinski definition) is 3. The molecule has 0 aromatic carbocycles. The van der Waals surface area contributed by atoms with Crippen LogP contribution in [0.4, 0.5) is 0 Å². The van der Waals surface area contributed by atoms with E-state index in [2.05, 4.69) is 16.9 Å². The summed E-state index contributed by atoms with van der Waals surface area (Å²) in [5.74, 6) is 1.07. The van der Waals surface area contributed by atoms with Crippen LogP contribution in [0.5, 0.6) is 0 Å². The summed E-state index contributed by atoms with van der Waals surface area (Å²) in [6, 6.07) is 0. The molecular weight excluding hydrogens is 242 g/mol. The molecule has 0 aliphatic carbocycles. The second kappa shape index (κ2) is 5.05. The Labute approximate surface area is 104 Å². The Kier molecular flexibility index (Phi) is 3.70. The third-order valence-corrected chi connectivity index (χ3v) is 4.30. The molecule has 0 saturated carbocycles. The summed E-state index contributed by atoms with van der Waals surface area (Å²) in [7, 11) is 0. The second-order valence-corrected chi connectivity index (χ2v) is 5.63. The zero-order valence-electron chi connectivity index (χ0n) is 9.16. The van der Waals surface area contributed by atoms with E-state index in [-0.39, 0.29) is 5.91 Å². The van der Waals surface area contributed by atoms with Crippen LogP contribution < -0.4 is 0 Å².